The van der Waals surface area contributed by atoms with Crippen molar-refractivity contribution < 1.29 is 18.0 Å². The number of carbonyl (C=O) groups excluding carboxylic acids is 1. The van der Waals surface area contributed by atoms with Gasteiger partial charge in [-0.05, 0) is 43.7 Å². The summed E-state index contributed by atoms with van der Waals surface area (Å²) in [6.45, 7) is 1.64. The largest absolute Gasteiger partial charge is 0.416 e. The van der Waals surface area contributed by atoms with Crippen molar-refractivity contribution in [1.29, 1.82) is 0 Å². The molecule has 0 aromatic heterocycles. The minimum absolute atomic E-state index is 0.0449. The van der Waals surface area contributed by atoms with Gasteiger partial charge in [0, 0.05) is 18.2 Å². The smallest absolute Gasteiger partial charge is 0.348 e. The molecule has 1 aliphatic heterocycles. The molecule has 3 nitrogen and oxygen atoms in total. The highest BCUT2D eigenvalue weighted by Gasteiger charge is 2.30. The molecular formula is C13H15F3N2O. The van der Waals surface area contributed by atoms with E-state index in [1.807, 2.05) is 0 Å². The van der Waals surface area contributed by atoms with Gasteiger partial charge in [0.1, 0.15) is 0 Å². The first kappa shape index (κ1) is 13.9. The molecule has 1 aliphatic rings. The van der Waals surface area contributed by atoms with Crippen molar-refractivity contribution >= 4 is 5.91 Å². The van der Waals surface area contributed by atoms with Gasteiger partial charge in [-0.3, -0.25) is 4.79 Å². The fourth-order valence-corrected chi connectivity index (χ4v) is 2.05. The predicted octanol–water partition coefficient (Wildman–Crippen LogP) is 2.19. The predicted molar refractivity (Wildman–Crippen MR) is 64.8 cm³/mol. The molecule has 1 heterocycles. The van der Waals surface area contributed by atoms with E-state index >= 15 is 0 Å². The van der Waals surface area contributed by atoms with Gasteiger partial charge < -0.3 is 10.6 Å². The molecule has 2 N–H and O–H groups in total. The van der Waals surface area contributed by atoms with E-state index < -0.39 is 11.7 Å². The van der Waals surface area contributed by atoms with Gasteiger partial charge in [0.2, 0.25) is 0 Å². The average molecular weight is 272 g/mol. The lowest BCUT2D eigenvalue weighted by atomic mass is 10.1. The van der Waals surface area contributed by atoms with E-state index in [4.69, 9.17) is 0 Å². The van der Waals surface area contributed by atoms with Gasteiger partial charge in [-0.2, -0.15) is 13.2 Å². The van der Waals surface area contributed by atoms with Gasteiger partial charge in [0.05, 0.1) is 5.56 Å². The van der Waals surface area contributed by atoms with Gasteiger partial charge in [0.15, 0.2) is 0 Å². The first-order valence-corrected chi connectivity index (χ1v) is 6.15. The summed E-state index contributed by atoms with van der Waals surface area (Å²) >= 11 is 0. The van der Waals surface area contributed by atoms with Crippen LogP contribution in [0.1, 0.15) is 28.8 Å². The van der Waals surface area contributed by atoms with Crippen LogP contribution in [0.15, 0.2) is 24.3 Å². The summed E-state index contributed by atoms with van der Waals surface area (Å²) in [6.07, 6.45) is -2.50. The Morgan fingerprint density at radius 1 is 1.26 bits per heavy atom. The van der Waals surface area contributed by atoms with Crippen molar-refractivity contribution in [1.82, 2.24) is 10.6 Å². The second-order valence-electron chi connectivity index (χ2n) is 4.59. The van der Waals surface area contributed by atoms with Crippen LogP contribution in [0.25, 0.3) is 0 Å². The molecule has 0 aliphatic carbocycles. The Bertz CT molecular complexity index is 436. The lowest BCUT2D eigenvalue weighted by Gasteiger charge is -2.23. The molecule has 104 valence electrons. The molecule has 1 amide bonds. The number of benzene rings is 1. The summed E-state index contributed by atoms with van der Waals surface area (Å²) in [6, 6.07) is 4.30. The quantitative estimate of drug-likeness (QED) is 0.866. The van der Waals surface area contributed by atoms with Crippen LogP contribution < -0.4 is 10.6 Å². The van der Waals surface area contributed by atoms with Gasteiger partial charge in [-0.15, -0.1) is 0 Å². The number of hydrogen-bond acceptors (Lipinski definition) is 2. The van der Waals surface area contributed by atoms with Gasteiger partial charge >= 0.3 is 6.18 Å². The zero-order chi connectivity index (χ0) is 13.9. The molecule has 0 spiro atoms. The van der Waals surface area contributed by atoms with Crippen LogP contribution in [0, 0.1) is 0 Å². The fourth-order valence-electron chi connectivity index (χ4n) is 2.05. The van der Waals surface area contributed by atoms with Crippen LogP contribution in [0.4, 0.5) is 13.2 Å². The highest BCUT2D eigenvalue weighted by molar-refractivity contribution is 5.94. The second kappa shape index (κ2) is 5.61. The molecule has 1 atom stereocenters. The SMILES string of the molecule is O=C(NC1CCCNC1)c1ccc(C(F)(F)F)cc1. The van der Waals surface area contributed by atoms with Crippen LogP contribution >= 0.6 is 0 Å². The third kappa shape index (κ3) is 3.70. The number of hydrogen-bond donors (Lipinski definition) is 2. The lowest BCUT2D eigenvalue weighted by Crippen LogP contribution is -2.45. The van der Waals surface area contributed by atoms with Crippen molar-refractivity contribution in [2.45, 2.75) is 25.1 Å². The third-order valence-corrected chi connectivity index (χ3v) is 3.11. The number of halogens is 3. The average Bonchev–Trinajstić information content (AvgIpc) is 2.39. The number of carbonyl (C=O) groups is 1. The number of rotatable bonds is 2. The summed E-state index contributed by atoms with van der Waals surface area (Å²) in [5.41, 5.74) is -0.498. The monoisotopic (exact) mass is 272 g/mol. The molecule has 6 heteroatoms. The number of nitrogens with one attached hydrogen (secondary N) is 2. The van der Waals surface area contributed by atoms with Crippen LogP contribution in [-0.2, 0) is 6.18 Å². The molecule has 19 heavy (non-hydrogen) atoms. The van der Waals surface area contributed by atoms with E-state index in [-0.39, 0.29) is 17.5 Å². The van der Waals surface area contributed by atoms with Crippen molar-refractivity contribution in [3.8, 4) is 0 Å². The normalized spacial score (nSPS) is 20.1. The Kier molecular flexibility index (Phi) is 4.09. The summed E-state index contributed by atoms with van der Waals surface area (Å²) in [5.74, 6) is -0.331. The van der Waals surface area contributed by atoms with E-state index in [1.54, 1.807) is 0 Å². The second-order valence-corrected chi connectivity index (χ2v) is 4.59. The number of amides is 1. The Balaban J connectivity index is 1.99. The maximum absolute atomic E-state index is 12.4. The Labute approximate surface area is 109 Å². The first-order valence-electron chi connectivity index (χ1n) is 6.15. The minimum Gasteiger partial charge on any atom is -0.348 e. The zero-order valence-electron chi connectivity index (χ0n) is 10.3. The van der Waals surface area contributed by atoms with E-state index in [2.05, 4.69) is 10.6 Å². The summed E-state index contributed by atoms with van der Waals surface area (Å²) < 4.78 is 37.2. The molecule has 1 unspecified atom stereocenters. The Hall–Kier alpha value is -1.56. The molecule has 1 fully saturated rings. The third-order valence-electron chi connectivity index (χ3n) is 3.11. The highest BCUT2D eigenvalue weighted by atomic mass is 19.4. The lowest BCUT2D eigenvalue weighted by molar-refractivity contribution is -0.137. The van der Waals surface area contributed by atoms with E-state index in [0.29, 0.717) is 6.54 Å². The molecular weight excluding hydrogens is 257 g/mol. The molecule has 0 saturated carbocycles. The van der Waals surface area contributed by atoms with Gasteiger partial charge in [-0.25, -0.2) is 0 Å². The molecule has 0 radical (unpaired) electrons. The minimum atomic E-state index is -4.37. The fraction of sp³-hybridized carbons (Fsp3) is 0.462. The molecule has 2 rings (SSSR count). The maximum atomic E-state index is 12.4. The van der Waals surface area contributed by atoms with E-state index in [0.717, 1.165) is 31.5 Å². The van der Waals surface area contributed by atoms with Crippen LogP contribution in [0.2, 0.25) is 0 Å². The molecule has 0 bridgehead atoms. The standard InChI is InChI=1S/C13H15F3N2O/c14-13(15,16)10-5-3-9(4-6-10)12(19)18-11-2-1-7-17-8-11/h3-6,11,17H,1-2,7-8H2,(H,18,19). The Morgan fingerprint density at radius 2 is 1.95 bits per heavy atom. The van der Waals surface area contributed by atoms with Crippen LogP contribution in [0.5, 0.6) is 0 Å². The van der Waals surface area contributed by atoms with Crippen LogP contribution in [-0.4, -0.2) is 25.0 Å². The summed E-state index contributed by atoms with van der Waals surface area (Å²) in [4.78, 5) is 11.9. The number of alkyl halides is 3. The van der Waals surface area contributed by atoms with Gasteiger partial charge in [-0.1, -0.05) is 0 Å². The molecule has 1 saturated heterocycles. The molecule has 1 aromatic rings. The molecule has 1 aromatic carbocycles. The topological polar surface area (TPSA) is 41.1 Å². The van der Waals surface area contributed by atoms with Crippen molar-refractivity contribution in [2.24, 2.45) is 0 Å². The van der Waals surface area contributed by atoms with Crippen LogP contribution in [0.3, 0.4) is 0 Å². The first-order chi connectivity index (χ1) is 8.97. The summed E-state index contributed by atoms with van der Waals surface area (Å²) in [7, 11) is 0. The van der Waals surface area contributed by atoms with E-state index in [9.17, 15) is 18.0 Å². The highest BCUT2D eigenvalue weighted by Crippen LogP contribution is 2.29. The number of piperidine rings is 1. The van der Waals surface area contributed by atoms with Gasteiger partial charge in [0.25, 0.3) is 5.91 Å². The van der Waals surface area contributed by atoms with E-state index in [1.165, 1.54) is 12.1 Å². The van der Waals surface area contributed by atoms with Crippen molar-refractivity contribution in [3.63, 3.8) is 0 Å². The maximum Gasteiger partial charge on any atom is 0.416 e. The van der Waals surface area contributed by atoms with Crippen molar-refractivity contribution in [3.05, 3.63) is 35.4 Å². The summed E-state index contributed by atoms with van der Waals surface area (Å²) in [5, 5.41) is 5.97. The zero-order valence-corrected chi connectivity index (χ0v) is 10.3. The Morgan fingerprint density at radius 3 is 2.47 bits per heavy atom. The van der Waals surface area contributed by atoms with Crippen molar-refractivity contribution in [2.75, 3.05) is 13.1 Å².